The van der Waals surface area contributed by atoms with Crippen molar-refractivity contribution in [3.8, 4) is 0 Å². The Labute approximate surface area is 439 Å². The minimum Gasteiger partial charge on any atom is -0.456 e. The molecule has 14 unspecified atom stereocenters. The van der Waals surface area contributed by atoms with Crippen LogP contribution in [0.5, 0.6) is 0 Å². The summed E-state index contributed by atoms with van der Waals surface area (Å²) in [4.78, 5) is 61.4. The van der Waals surface area contributed by atoms with Crippen molar-refractivity contribution in [2.75, 3.05) is 39.3 Å². The van der Waals surface area contributed by atoms with Crippen LogP contribution in [0.2, 0.25) is 0 Å². The molecule has 4 heterocycles. The Balaban J connectivity index is 1.16. The number of rotatable bonds is 11. The molecule has 14 atom stereocenters. The molecule has 3 aliphatic heterocycles. The first-order valence-corrected chi connectivity index (χ1v) is 27.5. The van der Waals surface area contributed by atoms with Crippen LogP contribution in [0.1, 0.15) is 125 Å². The predicted molar refractivity (Wildman–Crippen MR) is 286 cm³/mol. The van der Waals surface area contributed by atoms with E-state index < -0.39 is 77.8 Å². The summed E-state index contributed by atoms with van der Waals surface area (Å²) in [5.74, 6) is -7.43. The van der Waals surface area contributed by atoms with Crippen LogP contribution in [-0.4, -0.2) is 132 Å². The van der Waals surface area contributed by atoms with Crippen molar-refractivity contribution in [1.82, 2.24) is 9.47 Å². The van der Waals surface area contributed by atoms with Crippen molar-refractivity contribution >= 4 is 40.0 Å². The quantitative estimate of drug-likeness (QED) is 0.107. The number of hydrogen-bond donors (Lipinski definition) is 2. The fraction of sp³-hybridized carbons (Fsp3) is 0.633. The molecule has 1 aliphatic carbocycles. The lowest BCUT2D eigenvalue weighted by Gasteiger charge is -2.47. The molecule has 1 saturated carbocycles. The number of likely N-dealkylation sites (N-methyl/N-ethyl adjacent to an activating group) is 1. The van der Waals surface area contributed by atoms with Crippen LogP contribution < -0.4 is 4.90 Å². The maximum Gasteiger partial charge on any atom is 0.329 e. The number of esters is 1. The number of aromatic nitrogens is 1. The molecule has 3 aromatic rings. The molecular formula is C60H85N3O11. The number of ketones is 2. The third-order valence-electron chi connectivity index (χ3n) is 16.8. The first-order chi connectivity index (χ1) is 35.4. The Bertz CT molecular complexity index is 2450. The van der Waals surface area contributed by atoms with Gasteiger partial charge in [-0.05, 0) is 132 Å². The highest BCUT2D eigenvalue weighted by Gasteiger charge is 2.56. The Hall–Kier alpha value is -4.70. The average molecular weight is 1020 g/mol. The van der Waals surface area contributed by atoms with Gasteiger partial charge in [-0.3, -0.25) is 14.4 Å². The number of allylic oxidation sites excluding steroid dienone is 3. The number of aliphatic hydroxyl groups excluding tert-OH is 1. The van der Waals surface area contributed by atoms with Gasteiger partial charge in [-0.2, -0.15) is 0 Å². The summed E-state index contributed by atoms with van der Waals surface area (Å²) in [5, 5.41) is 25.4. The summed E-state index contributed by atoms with van der Waals surface area (Å²) in [6, 6.07) is 18.2. The van der Waals surface area contributed by atoms with Gasteiger partial charge in [0.2, 0.25) is 5.79 Å². The van der Waals surface area contributed by atoms with Crippen molar-refractivity contribution in [3.63, 3.8) is 0 Å². The molecule has 2 saturated heterocycles. The molecule has 2 N–H and O–H groups in total. The largest absolute Gasteiger partial charge is 0.456 e. The number of piperidine rings is 1. The van der Waals surface area contributed by atoms with E-state index in [0.717, 1.165) is 36.2 Å². The summed E-state index contributed by atoms with van der Waals surface area (Å²) < 4.78 is 33.4. The van der Waals surface area contributed by atoms with E-state index in [4.69, 9.17) is 23.7 Å². The molecule has 0 spiro atoms. The smallest absolute Gasteiger partial charge is 0.329 e. The number of benzene rings is 2. The van der Waals surface area contributed by atoms with Crippen LogP contribution >= 0.6 is 0 Å². The first-order valence-electron chi connectivity index (χ1n) is 27.5. The molecule has 74 heavy (non-hydrogen) atoms. The van der Waals surface area contributed by atoms with Gasteiger partial charge in [-0.1, -0.05) is 75.8 Å². The van der Waals surface area contributed by atoms with Gasteiger partial charge in [0.15, 0.2) is 0 Å². The molecule has 1 aromatic heterocycles. The molecule has 7 rings (SSSR count). The van der Waals surface area contributed by atoms with Gasteiger partial charge in [0.25, 0.3) is 11.7 Å². The van der Waals surface area contributed by atoms with E-state index in [-0.39, 0.29) is 55.6 Å². The fourth-order valence-electron chi connectivity index (χ4n) is 12.5. The first kappa shape index (κ1) is 57.0. The van der Waals surface area contributed by atoms with Gasteiger partial charge in [0.05, 0.1) is 30.5 Å². The monoisotopic (exact) mass is 1020 g/mol. The van der Waals surface area contributed by atoms with Crippen molar-refractivity contribution in [2.24, 2.45) is 29.6 Å². The third kappa shape index (κ3) is 12.9. The average Bonchev–Trinajstić information content (AvgIpc) is 3.79. The van der Waals surface area contributed by atoms with E-state index >= 15 is 0 Å². The topological polar surface area (TPSA) is 166 Å². The Morgan fingerprint density at radius 2 is 1.64 bits per heavy atom. The van der Waals surface area contributed by atoms with Crippen molar-refractivity contribution in [1.29, 1.82) is 0 Å². The van der Waals surface area contributed by atoms with Crippen LogP contribution in [0.4, 0.5) is 5.69 Å². The Kier molecular flexibility index (Phi) is 19.6. The van der Waals surface area contributed by atoms with Crippen molar-refractivity contribution < 1.29 is 53.1 Å². The van der Waals surface area contributed by atoms with Gasteiger partial charge in [-0.15, -0.1) is 0 Å². The van der Waals surface area contributed by atoms with Crippen LogP contribution in [0.3, 0.4) is 0 Å². The van der Waals surface area contributed by atoms with Gasteiger partial charge in [0, 0.05) is 87.9 Å². The highest BCUT2D eigenvalue weighted by atomic mass is 16.7. The number of nitrogens with zero attached hydrogens (tertiary/aromatic N) is 3. The van der Waals surface area contributed by atoms with E-state index in [1.807, 2.05) is 39.8 Å². The zero-order valence-corrected chi connectivity index (χ0v) is 45.7. The van der Waals surface area contributed by atoms with E-state index in [9.17, 15) is 29.4 Å². The maximum atomic E-state index is 14.7. The molecule has 0 radical (unpaired) electrons. The van der Waals surface area contributed by atoms with E-state index in [1.165, 1.54) is 21.4 Å². The number of hydrogen-bond acceptors (Lipinski definition) is 12. The number of amides is 1. The van der Waals surface area contributed by atoms with Crippen LogP contribution in [0, 0.1) is 29.6 Å². The second kappa shape index (κ2) is 25.4. The number of Topliss-reactive ketones (excluding diaryl/α,β-unsaturated/α-hetero) is 2. The lowest BCUT2D eigenvalue weighted by atomic mass is 9.80. The zero-order chi connectivity index (χ0) is 53.4. The summed E-state index contributed by atoms with van der Waals surface area (Å²) in [7, 11) is 5.23. The zero-order valence-electron chi connectivity index (χ0n) is 45.7. The second-order valence-corrected chi connectivity index (χ2v) is 22.2. The van der Waals surface area contributed by atoms with E-state index in [1.54, 1.807) is 28.1 Å². The molecule has 14 heteroatoms. The molecule has 3 fully saturated rings. The highest BCUT2D eigenvalue weighted by Crippen LogP contribution is 2.40. The maximum absolute atomic E-state index is 14.7. The van der Waals surface area contributed by atoms with Gasteiger partial charge in [0.1, 0.15) is 24.0 Å². The van der Waals surface area contributed by atoms with Crippen LogP contribution in [0.25, 0.3) is 10.9 Å². The standard InChI is InChI=1S/C60H85N3O11/c1-11-44-29-37(3)28-38(4)30-53(70-9)56-54(71-10)32-40(6)60(69,74-56)57(66)58(67)63-26-17-16-20-49(63)59(68)73-55(41(7)50(64)35-51(44)65)39(5)31-43-21-23-48(52(33-43)72-12-2)61(8)46-22-24-47-45(34-46)25-27-62(47)36-42-18-14-13-15-19-42/h13-15,18-19,22,24-25,27,29,31,34,38,40-41,43-44,48-50,52-56,64,69H,11-12,16-17,20-21,23,26,28,30,32-33,35-36H2,1-10H3/b37-29+,39-31?. The molecule has 1 amide bonds. The molecule has 2 bridgehead atoms. The minimum absolute atomic E-state index is 0.0292. The summed E-state index contributed by atoms with van der Waals surface area (Å²) >= 11 is 0. The molecule has 4 aliphatic rings. The fourth-order valence-corrected chi connectivity index (χ4v) is 12.5. The van der Waals surface area contributed by atoms with Crippen molar-refractivity contribution in [3.05, 3.63) is 89.7 Å². The summed E-state index contributed by atoms with van der Waals surface area (Å²) in [6.07, 6.45) is 7.45. The lowest BCUT2D eigenvalue weighted by molar-refractivity contribution is -0.302. The van der Waals surface area contributed by atoms with E-state index in [0.29, 0.717) is 45.1 Å². The lowest BCUT2D eigenvalue weighted by Crippen LogP contribution is -2.64. The number of anilines is 1. The Morgan fingerprint density at radius 1 is 0.905 bits per heavy atom. The highest BCUT2D eigenvalue weighted by molar-refractivity contribution is 6.39. The SMILES string of the molecule is CCOC1CC(C=C(C)C2OC(=O)C3CCCCN3C(=O)C(=O)C3(O)OC(C(OC)CC(C)C/C(C)=C/C(CC)C(=O)CC(O)C2C)C(OC)CC3C)CCC1N(C)c1ccc2c(ccn2Cc2ccccc2)c1. The summed E-state index contributed by atoms with van der Waals surface area (Å²) in [5.41, 5.74) is 5.25. The number of cyclic esters (lactones) is 1. The number of ether oxygens (including phenoxy) is 5. The molecule has 406 valence electrons. The number of fused-ring (bicyclic) bond motifs is 4. The third-order valence-corrected chi connectivity index (χ3v) is 16.8. The van der Waals surface area contributed by atoms with Crippen molar-refractivity contribution in [2.45, 2.75) is 180 Å². The number of carbonyl (C=O) groups excluding carboxylic acids is 4. The molecule has 2 aromatic carbocycles. The van der Waals surface area contributed by atoms with Gasteiger partial charge in [-0.25, -0.2) is 4.79 Å². The number of aliphatic hydroxyl groups is 2. The molecule has 14 nitrogen and oxygen atoms in total. The minimum atomic E-state index is -2.51. The second-order valence-electron chi connectivity index (χ2n) is 22.2. The van der Waals surface area contributed by atoms with Crippen LogP contribution in [0.15, 0.2) is 84.1 Å². The van der Waals surface area contributed by atoms with Crippen LogP contribution in [-0.2, 0) is 49.4 Å². The summed E-state index contributed by atoms with van der Waals surface area (Å²) in [6.45, 7) is 14.8. The van der Waals surface area contributed by atoms with E-state index in [2.05, 4.69) is 84.2 Å². The molecular weight excluding hydrogens is 939 g/mol. The normalized spacial score (nSPS) is 34.3. The Morgan fingerprint density at radius 3 is 2.34 bits per heavy atom. The predicted octanol–water partition coefficient (Wildman–Crippen LogP) is 9.01. The van der Waals surface area contributed by atoms with Gasteiger partial charge < -0.3 is 48.3 Å². The number of methoxy groups -OCH3 is 2. The number of carbonyl (C=O) groups is 4. The van der Waals surface area contributed by atoms with Gasteiger partial charge >= 0.3 is 5.97 Å².